The Labute approximate surface area is 263 Å². The van der Waals surface area contributed by atoms with E-state index in [9.17, 15) is 20.1 Å². The van der Waals surface area contributed by atoms with Crippen molar-refractivity contribution in [3.05, 3.63) is 12.2 Å². The molecule has 0 aromatic carbocycles. The number of carbonyl (C=O) groups is 1. The van der Waals surface area contributed by atoms with Gasteiger partial charge >= 0.3 is 0 Å². The van der Waals surface area contributed by atoms with E-state index in [4.69, 9.17) is 18.6 Å². The van der Waals surface area contributed by atoms with Crippen molar-refractivity contribution in [1.82, 2.24) is 0 Å². The molecule has 3 aliphatic carbocycles. The average Bonchev–Trinajstić information content (AvgIpc) is 3.13. The summed E-state index contributed by atoms with van der Waals surface area (Å²) in [5, 5.41) is 35.4. The first kappa shape index (κ1) is 37.0. The van der Waals surface area contributed by atoms with E-state index >= 15 is 0 Å². The van der Waals surface area contributed by atoms with Crippen LogP contribution in [0, 0.1) is 28.6 Å². The summed E-state index contributed by atoms with van der Waals surface area (Å²) in [7, 11) is -2.15. The van der Waals surface area contributed by atoms with Crippen molar-refractivity contribution >= 4 is 22.2 Å². The number of ether oxygens (including phenoxy) is 3. The monoisotopic (exact) mass is 642 g/mol. The highest BCUT2D eigenvalue weighted by Crippen LogP contribution is 2.62. The van der Waals surface area contributed by atoms with Crippen molar-refractivity contribution in [1.29, 1.82) is 0 Å². The summed E-state index contributed by atoms with van der Waals surface area (Å²) >= 11 is 0. The maximum absolute atomic E-state index is 14.9. The second kappa shape index (κ2) is 12.6. The third-order valence-electron chi connectivity index (χ3n) is 11.9. The van der Waals surface area contributed by atoms with Gasteiger partial charge in [-0.05, 0) is 61.7 Å². The largest absolute Gasteiger partial charge is 0.411 e. The molecule has 250 valence electrons. The SMILES string of the molecule is COC[C@@H]1C(=O)[C@@]2(C)[C@H](O)C=C[C@](CO)(OCOCC[Si](C)(C)C)[C@H]2C[C@H](O[Si](C)(C)C(C)(C)C)[C@]2(O)CC[C@@H]1C2(C)C. The number of hydrogen-bond acceptors (Lipinski definition) is 8. The minimum atomic E-state index is -2.43. The lowest BCUT2D eigenvalue weighted by Crippen LogP contribution is -2.63. The fourth-order valence-electron chi connectivity index (χ4n) is 7.69. The minimum Gasteiger partial charge on any atom is -0.411 e. The predicted molar refractivity (Wildman–Crippen MR) is 175 cm³/mol. The number of aliphatic hydroxyl groups is 3. The molecule has 8 nitrogen and oxygen atoms in total. The Morgan fingerprint density at radius 1 is 1.09 bits per heavy atom. The molecule has 2 saturated carbocycles. The molecule has 2 fully saturated rings. The van der Waals surface area contributed by atoms with Gasteiger partial charge in [0, 0.05) is 33.6 Å². The molecule has 0 radical (unpaired) electrons. The van der Waals surface area contributed by atoms with E-state index in [2.05, 4.69) is 67.4 Å². The third kappa shape index (κ3) is 6.70. The quantitative estimate of drug-likeness (QED) is 0.119. The zero-order chi connectivity index (χ0) is 32.9. The van der Waals surface area contributed by atoms with Crippen LogP contribution in [0.15, 0.2) is 12.2 Å². The second-order valence-corrected chi connectivity index (χ2v) is 27.4. The number of rotatable bonds is 11. The lowest BCUT2D eigenvalue weighted by Gasteiger charge is -2.54. The Bertz CT molecular complexity index is 1020. The van der Waals surface area contributed by atoms with Crippen molar-refractivity contribution in [3.63, 3.8) is 0 Å². The Hall–Kier alpha value is -0.436. The Balaban J connectivity index is 2.19. The summed E-state index contributed by atoms with van der Waals surface area (Å²) < 4.78 is 25.2. The highest BCUT2D eigenvalue weighted by Gasteiger charge is 2.68. The molecule has 10 heteroatoms. The molecule has 2 bridgehead atoms. The molecule has 0 saturated heterocycles. The molecule has 0 heterocycles. The first-order chi connectivity index (χ1) is 19.5. The number of hydrogen-bond donors (Lipinski definition) is 3. The molecule has 8 atom stereocenters. The normalized spacial score (nSPS) is 38.4. The van der Waals surface area contributed by atoms with Gasteiger partial charge in [0.1, 0.15) is 18.2 Å². The number of carbonyl (C=O) groups excluding carboxylic acids is 1. The van der Waals surface area contributed by atoms with Gasteiger partial charge in [-0.2, -0.15) is 0 Å². The standard InChI is InChI=1S/C33H62O8Si2/c1-29(2,3)43(11,12)41-27-19-25-31(6,28(36)23(20-38-7)24-13-16-33(27,37)30(24,4)5)26(35)14-15-32(25,21-34)40-22-39-17-18-42(8,9)10/h14-15,23-27,34-35,37H,13,16-22H2,1-12H3/t23-,24-,25-,26+,27-,31+,32+,33+/m0/s1. The van der Waals surface area contributed by atoms with E-state index in [1.54, 1.807) is 26.2 Å². The van der Waals surface area contributed by atoms with Crippen LogP contribution in [0.25, 0.3) is 0 Å². The van der Waals surface area contributed by atoms with Crippen LogP contribution in [0.3, 0.4) is 0 Å². The van der Waals surface area contributed by atoms with Gasteiger partial charge in [0.2, 0.25) is 0 Å². The fourth-order valence-corrected chi connectivity index (χ4v) is 9.80. The summed E-state index contributed by atoms with van der Waals surface area (Å²) in [6.07, 6.45) is 2.93. The second-order valence-electron chi connectivity index (χ2n) is 17.1. The zero-order valence-electron chi connectivity index (χ0n) is 29.1. The number of ketones is 1. The van der Waals surface area contributed by atoms with Gasteiger partial charge in [-0.15, -0.1) is 0 Å². The topological polar surface area (TPSA) is 115 Å². The fraction of sp³-hybridized carbons (Fsp3) is 0.909. The number of Topliss-reactive ketones (excluding diaryl/α,β-unsaturated/α-hetero) is 1. The van der Waals surface area contributed by atoms with Crippen molar-refractivity contribution in [2.75, 3.05) is 33.7 Å². The predicted octanol–water partition coefficient (Wildman–Crippen LogP) is 5.39. The highest BCUT2D eigenvalue weighted by atomic mass is 28.4. The maximum Gasteiger partial charge on any atom is 0.192 e. The number of methoxy groups -OCH3 is 1. The van der Waals surface area contributed by atoms with Crippen molar-refractivity contribution in [3.8, 4) is 0 Å². The first-order valence-electron chi connectivity index (χ1n) is 16.2. The van der Waals surface area contributed by atoms with Crippen LogP contribution in [-0.2, 0) is 23.4 Å². The average molecular weight is 643 g/mol. The van der Waals surface area contributed by atoms with Crippen LogP contribution in [0.1, 0.15) is 60.8 Å². The van der Waals surface area contributed by atoms with Crippen LogP contribution < -0.4 is 0 Å². The van der Waals surface area contributed by atoms with Crippen molar-refractivity contribution < 1.29 is 38.8 Å². The van der Waals surface area contributed by atoms with Crippen LogP contribution >= 0.6 is 0 Å². The Morgan fingerprint density at radius 2 is 1.72 bits per heavy atom. The van der Waals surface area contributed by atoms with E-state index in [1.807, 2.05) is 0 Å². The summed E-state index contributed by atoms with van der Waals surface area (Å²) in [6.45, 7) is 23.9. The van der Waals surface area contributed by atoms with E-state index in [1.165, 1.54) is 0 Å². The molecule has 3 aliphatic rings. The lowest BCUT2D eigenvalue weighted by atomic mass is 9.56. The summed E-state index contributed by atoms with van der Waals surface area (Å²) in [5.74, 6) is -1.56. The van der Waals surface area contributed by atoms with Gasteiger partial charge in [0.25, 0.3) is 0 Å². The molecule has 3 rings (SSSR count). The molecule has 3 N–H and O–H groups in total. The zero-order valence-corrected chi connectivity index (χ0v) is 31.1. The van der Waals surface area contributed by atoms with E-state index in [0.717, 1.165) is 6.04 Å². The molecule has 0 spiro atoms. The highest BCUT2D eigenvalue weighted by molar-refractivity contribution is 6.76. The van der Waals surface area contributed by atoms with Crippen LogP contribution in [0.5, 0.6) is 0 Å². The Morgan fingerprint density at radius 3 is 2.26 bits per heavy atom. The van der Waals surface area contributed by atoms with E-state index in [0.29, 0.717) is 19.4 Å². The minimum absolute atomic E-state index is 0.0557. The molecular formula is C33H62O8Si2. The third-order valence-corrected chi connectivity index (χ3v) is 18.1. The molecule has 0 aromatic rings. The Kier molecular flexibility index (Phi) is 10.9. The van der Waals surface area contributed by atoms with Gasteiger partial charge in [0.05, 0.1) is 36.4 Å². The van der Waals surface area contributed by atoms with Crippen LogP contribution in [-0.4, -0.2) is 94.6 Å². The molecule has 0 amide bonds. The van der Waals surface area contributed by atoms with Gasteiger partial charge in [-0.1, -0.05) is 66.4 Å². The smallest absolute Gasteiger partial charge is 0.192 e. The van der Waals surface area contributed by atoms with Gasteiger partial charge in [-0.3, -0.25) is 4.79 Å². The summed E-state index contributed by atoms with van der Waals surface area (Å²) in [4.78, 5) is 14.9. The van der Waals surface area contributed by atoms with E-state index < -0.39 is 69.1 Å². The maximum atomic E-state index is 14.9. The van der Waals surface area contributed by atoms with Crippen molar-refractivity contribution in [2.45, 2.75) is 128 Å². The summed E-state index contributed by atoms with van der Waals surface area (Å²) in [5.41, 5.74) is -4.57. The van der Waals surface area contributed by atoms with Crippen molar-refractivity contribution in [2.24, 2.45) is 28.6 Å². The van der Waals surface area contributed by atoms with Gasteiger partial charge < -0.3 is 34.0 Å². The molecule has 43 heavy (non-hydrogen) atoms. The van der Waals surface area contributed by atoms with Gasteiger partial charge in [0.15, 0.2) is 8.32 Å². The summed E-state index contributed by atoms with van der Waals surface area (Å²) in [6, 6.07) is 0.974. The van der Waals surface area contributed by atoms with Crippen LogP contribution in [0.2, 0.25) is 43.8 Å². The molecule has 0 aliphatic heterocycles. The lowest BCUT2D eigenvalue weighted by molar-refractivity contribution is -0.207. The molecule has 0 aromatic heterocycles. The number of fused-ring (bicyclic) bond motifs is 3. The van der Waals surface area contributed by atoms with E-state index in [-0.39, 0.29) is 36.6 Å². The van der Waals surface area contributed by atoms with Crippen LogP contribution in [0.4, 0.5) is 0 Å². The first-order valence-corrected chi connectivity index (χ1v) is 22.8. The molecule has 0 unspecified atom stereocenters. The van der Waals surface area contributed by atoms with Gasteiger partial charge in [-0.25, -0.2) is 0 Å². The molecular weight excluding hydrogens is 581 g/mol. The number of aliphatic hydroxyl groups excluding tert-OH is 2.